The van der Waals surface area contributed by atoms with Gasteiger partial charge in [-0.3, -0.25) is 0 Å². The second-order valence-corrected chi connectivity index (χ2v) is 4.70. The summed E-state index contributed by atoms with van der Waals surface area (Å²) in [6.07, 6.45) is 0.758. The van der Waals surface area contributed by atoms with E-state index in [0.717, 1.165) is 35.1 Å². The Labute approximate surface area is 116 Å². The number of hydrogen-bond acceptors (Lipinski definition) is 3. The van der Waals surface area contributed by atoms with Crippen molar-refractivity contribution in [3.63, 3.8) is 0 Å². The number of fused-ring (bicyclic) bond motifs is 3. The van der Waals surface area contributed by atoms with Crippen molar-refractivity contribution >= 4 is 0 Å². The largest absolute Gasteiger partial charge is 0.491 e. The number of hydrogen-bond donors (Lipinski definition) is 0. The first-order valence-corrected chi connectivity index (χ1v) is 6.65. The van der Waals surface area contributed by atoms with Gasteiger partial charge in [0.25, 0.3) is 0 Å². The van der Waals surface area contributed by atoms with E-state index < -0.39 is 0 Å². The molecule has 3 aromatic rings. The van der Waals surface area contributed by atoms with Crippen molar-refractivity contribution in [2.75, 3.05) is 6.61 Å². The van der Waals surface area contributed by atoms with E-state index in [4.69, 9.17) is 4.74 Å². The van der Waals surface area contributed by atoms with Crippen LogP contribution in [0.3, 0.4) is 0 Å². The Hall–Kier alpha value is -2.62. The molecule has 4 rings (SSSR count). The highest BCUT2D eigenvalue weighted by atomic mass is 16.5. The van der Waals surface area contributed by atoms with Gasteiger partial charge in [-0.15, -0.1) is 5.10 Å². The van der Waals surface area contributed by atoms with Crippen LogP contribution in [-0.2, 0) is 6.42 Å². The molecule has 0 radical (unpaired) electrons. The van der Waals surface area contributed by atoms with Crippen molar-refractivity contribution in [1.29, 1.82) is 0 Å². The summed E-state index contributed by atoms with van der Waals surface area (Å²) in [5.41, 5.74) is 1.99. The Bertz CT molecular complexity index is 749. The van der Waals surface area contributed by atoms with Gasteiger partial charge in [-0.05, 0) is 12.1 Å². The van der Waals surface area contributed by atoms with Crippen LogP contribution >= 0.6 is 0 Å². The molecule has 1 aliphatic rings. The fraction of sp³-hybridized carbons (Fsp3) is 0.125. The Morgan fingerprint density at radius 1 is 0.950 bits per heavy atom. The van der Waals surface area contributed by atoms with E-state index in [0.29, 0.717) is 6.61 Å². The van der Waals surface area contributed by atoms with Crippen molar-refractivity contribution in [3.05, 3.63) is 60.4 Å². The van der Waals surface area contributed by atoms with Crippen molar-refractivity contribution in [1.82, 2.24) is 14.8 Å². The molecule has 0 bridgehead atoms. The molecular formula is C16H13N3O. The first kappa shape index (κ1) is 11.2. The Balaban J connectivity index is 1.88. The Morgan fingerprint density at radius 3 is 2.65 bits per heavy atom. The van der Waals surface area contributed by atoms with E-state index in [9.17, 15) is 0 Å². The summed E-state index contributed by atoms with van der Waals surface area (Å²) in [5.74, 6) is 2.56. The van der Waals surface area contributed by atoms with Gasteiger partial charge >= 0.3 is 0 Å². The zero-order chi connectivity index (χ0) is 13.4. The fourth-order valence-electron chi connectivity index (χ4n) is 2.42. The minimum Gasteiger partial charge on any atom is -0.491 e. The lowest BCUT2D eigenvalue weighted by molar-refractivity contribution is 0.325. The van der Waals surface area contributed by atoms with Crippen molar-refractivity contribution in [2.45, 2.75) is 6.42 Å². The molecule has 1 aromatic heterocycles. The summed E-state index contributed by atoms with van der Waals surface area (Å²) >= 11 is 0. The van der Waals surface area contributed by atoms with Crippen LogP contribution in [-0.4, -0.2) is 21.4 Å². The van der Waals surface area contributed by atoms with Gasteiger partial charge in [0.15, 0.2) is 5.82 Å². The van der Waals surface area contributed by atoms with E-state index in [1.54, 1.807) is 0 Å². The predicted octanol–water partition coefficient (Wildman–Crippen LogP) is 2.87. The van der Waals surface area contributed by atoms with E-state index in [1.807, 2.05) is 59.3 Å². The molecule has 0 amide bonds. The van der Waals surface area contributed by atoms with Crippen molar-refractivity contribution < 1.29 is 4.74 Å². The monoisotopic (exact) mass is 263 g/mol. The normalized spacial score (nSPS) is 13.0. The van der Waals surface area contributed by atoms with Gasteiger partial charge in [-0.1, -0.05) is 42.5 Å². The van der Waals surface area contributed by atoms with Crippen LogP contribution in [0, 0.1) is 0 Å². The molecule has 0 fully saturated rings. The molecule has 1 aliphatic heterocycles. The average molecular weight is 263 g/mol. The third-order valence-electron chi connectivity index (χ3n) is 3.38. The lowest BCUT2D eigenvalue weighted by Crippen LogP contribution is -2.01. The van der Waals surface area contributed by atoms with Crippen LogP contribution in [0.1, 0.15) is 5.82 Å². The molecule has 0 atom stereocenters. The van der Waals surface area contributed by atoms with Crippen LogP contribution in [0.25, 0.3) is 17.1 Å². The second kappa shape index (κ2) is 4.49. The highest BCUT2D eigenvalue weighted by molar-refractivity contribution is 5.56. The van der Waals surface area contributed by atoms with Crippen LogP contribution in [0.4, 0.5) is 0 Å². The third-order valence-corrected chi connectivity index (χ3v) is 3.38. The highest BCUT2D eigenvalue weighted by Gasteiger charge is 2.18. The van der Waals surface area contributed by atoms with Crippen LogP contribution < -0.4 is 4.74 Å². The van der Waals surface area contributed by atoms with Gasteiger partial charge in [-0.2, -0.15) is 0 Å². The second-order valence-electron chi connectivity index (χ2n) is 4.70. The molecule has 0 unspecified atom stereocenters. The first-order chi connectivity index (χ1) is 9.92. The molecule has 0 saturated carbocycles. The minimum absolute atomic E-state index is 0.629. The van der Waals surface area contributed by atoms with E-state index in [-0.39, 0.29) is 0 Å². The van der Waals surface area contributed by atoms with Crippen LogP contribution in [0.5, 0.6) is 5.75 Å². The standard InChI is InChI=1S/C16H13N3O/c1-2-6-12(7-3-1)16-17-15-10-11-20-14-9-5-4-8-13(14)19(15)18-16/h1-9H,10-11H2. The molecule has 20 heavy (non-hydrogen) atoms. The van der Waals surface area contributed by atoms with Crippen LogP contribution in [0.2, 0.25) is 0 Å². The number of benzene rings is 2. The molecule has 4 heteroatoms. The number of aromatic nitrogens is 3. The summed E-state index contributed by atoms with van der Waals surface area (Å²) < 4.78 is 7.63. The van der Waals surface area contributed by atoms with Gasteiger partial charge in [0.2, 0.25) is 0 Å². The zero-order valence-corrected chi connectivity index (χ0v) is 10.9. The third kappa shape index (κ3) is 1.77. The Kier molecular flexibility index (Phi) is 2.52. The maximum absolute atomic E-state index is 5.73. The first-order valence-electron chi connectivity index (χ1n) is 6.65. The maximum Gasteiger partial charge on any atom is 0.181 e. The molecule has 0 aliphatic carbocycles. The van der Waals surface area contributed by atoms with Crippen LogP contribution in [0.15, 0.2) is 54.6 Å². The summed E-state index contributed by atoms with van der Waals surface area (Å²) in [7, 11) is 0. The number of para-hydroxylation sites is 2. The smallest absolute Gasteiger partial charge is 0.181 e. The van der Waals surface area contributed by atoms with E-state index >= 15 is 0 Å². The van der Waals surface area contributed by atoms with E-state index in [1.165, 1.54) is 0 Å². The summed E-state index contributed by atoms with van der Waals surface area (Å²) in [5, 5.41) is 4.65. The van der Waals surface area contributed by atoms with Gasteiger partial charge in [0, 0.05) is 12.0 Å². The molecule has 2 heterocycles. The molecule has 4 nitrogen and oxygen atoms in total. The van der Waals surface area contributed by atoms with Crippen molar-refractivity contribution in [3.8, 4) is 22.8 Å². The molecule has 98 valence electrons. The fourth-order valence-corrected chi connectivity index (χ4v) is 2.42. The molecule has 0 N–H and O–H groups in total. The molecule has 2 aromatic carbocycles. The van der Waals surface area contributed by atoms with Gasteiger partial charge in [-0.25, -0.2) is 9.67 Å². The minimum atomic E-state index is 0.629. The topological polar surface area (TPSA) is 39.9 Å². The van der Waals surface area contributed by atoms with Gasteiger partial charge in [0.05, 0.1) is 6.61 Å². The highest BCUT2D eigenvalue weighted by Crippen LogP contribution is 2.27. The quantitative estimate of drug-likeness (QED) is 0.677. The number of nitrogens with zero attached hydrogens (tertiary/aromatic N) is 3. The molecule has 0 spiro atoms. The molecular weight excluding hydrogens is 250 g/mol. The number of ether oxygens (including phenoxy) is 1. The lowest BCUT2D eigenvalue weighted by atomic mass is 10.2. The van der Waals surface area contributed by atoms with E-state index in [2.05, 4.69) is 10.1 Å². The Morgan fingerprint density at radius 2 is 1.75 bits per heavy atom. The average Bonchev–Trinajstić information content (AvgIpc) is 2.85. The maximum atomic E-state index is 5.73. The SMILES string of the molecule is c1ccc(-c2nc3n(n2)-c2ccccc2OCC3)cc1. The predicted molar refractivity (Wildman–Crippen MR) is 76.0 cm³/mol. The summed E-state index contributed by atoms with van der Waals surface area (Å²) in [6, 6.07) is 18.0. The summed E-state index contributed by atoms with van der Waals surface area (Å²) in [6.45, 7) is 0.629. The molecule has 0 saturated heterocycles. The number of rotatable bonds is 1. The van der Waals surface area contributed by atoms with Gasteiger partial charge < -0.3 is 4.74 Å². The summed E-state index contributed by atoms with van der Waals surface area (Å²) in [4.78, 5) is 4.65. The van der Waals surface area contributed by atoms with Gasteiger partial charge in [0.1, 0.15) is 17.3 Å². The zero-order valence-electron chi connectivity index (χ0n) is 10.9. The lowest BCUT2D eigenvalue weighted by Gasteiger charge is -2.06. The van der Waals surface area contributed by atoms with Crippen molar-refractivity contribution in [2.24, 2.45) is 0 Å².